The molecule has 3 heterocycles. The Morgan fingerprint density at radius 1 is 1.13 bits per heavy atom. The molecule has 0 aliphatic heterocycles. The quantitative estimate of drug-likeness (QED) is 0.656. The predicted molar refractivity (Wildman–Crippen MR) is 80.1 cm³/mol. The van der Waals surface area contributed by atoms with Gasteiger partial charge >= 0.3 is 0 Å². The van der Waals surface area contributed by atoms with Crippen LogP contribution in [0.2, 0.25) is 0 Å². The lowest BCUT2D eigenvalue weighted by Crippen LogP contribution is -2.30. The van der Waals surface area contributed by atoms with Gasteiger partial charge in [0.05, 0.1) is 19.4 Å². The number of hydrogen-bond acceptors (Lipinski definition) is 8. The van der Waals surface area contributed by atoms with Crippen molar-refractivity contribution in [1.29, 1.82) is 0 Å². The monoisotopic (exact) mass is 317 g/mol. The summed E-state index contributed by atoms with van der Waals surface area (Å²) in [6.07, 6.45) is 2.30. The standard InChI is InChI=1S/C15H19N5O3/c1-4-12-17-18-14(22-12)9-20(10(2)3)8-13-16-15(19-23-13)11-6-5-7-21-11/h5-7,10H,4,8-9H2,1-3H3. The van der Waals surface area contributed by atoms with Crippen LogP contribution in [-0.4, -0.2) is 31.3 Å². The minimum atomic E-state index is 0.255. The molecule has 0 aliphatic rings. The zero-order valence-corrected chi connectivity index (χ0v) is 13.4. The smallest absolute Gasteiger partial charge is 0.241 e. The van der Waals surface area contributed by atoms with Crippen molar-refractivity contribution < 1.29 is 13.4 Å². The third-order valence-electron chi connectivity index (χ3n) is 3.43. The molecule has 23 heavy (non-hydrogen) atoms. The van der Waals surface area contributed by atoms with Crippen LogP contribution in [-0.2, 0) is 19.5 Å². The summed E-state index contributed by atoms with van der Waals surface area (Å²) in [5, 5.41) is 12.0. The average Bonchev–Trinajstić information content (AvgIpc) is 3.27. The van der Waals surface area contributed by atoms with Crippen molar-refractivity contribution >= 4 is 0 Å². The van der Waals surface area contributed by atoms with E-state index in [0.717, 1.165) is 6.42 Å². The van der Waals surface area contributed by atoms with Crippen LogP contribution in [0.1, 0.15) is 38.4 Å². The lowest BCUT2D eigenvalue weighted by Gasteiger charge is -2.22. The van der Waals surface area contributed by atoms with E-state index >= 15 is 0 Å². The molecule has 0 atom stereocenters. The van der Waals surface area contributed by atoms with E-state index in [2.05, 4.69) is 39.1 Å². The molecule has 3 aromatic heterocycles. The molecule has 0 unspecified atom stereocenters. The summed E-state index contributed by atoms with van der Waals surface area (Å²) in [5.74, 6) is 2.77. The maximum absolute atomic E-state index is 5.57. The van der Waals surface area contributed by atoms with Gasteiger partial charge in [-0.3, -0.25) is 4.90 Å². The second kappa shape index (κ2) is 6.74. The highest BCUT2D eigenvalue weighted by atomic mass is 16.5. The lowest BCUT2D eigenvalue weighted by molar-refractivity contribution is 0.160. The first-order valence-electron chi connectivity index (χ1n) is 7.57. The van der Waals surface area contributed by atoms with Gasteiger partial charge < -0.3 is 13.4 Å². The Labute approximate surface area is 133 Å². The van der Waals surface area contributed by atoms with Crippen LogP contribution in [0.3, 0.4) is 0 Å². The van der Waals surface area contributed by atoms with Crippen molar-refractivity contribution in [2.45, 2.75) is 46.3 Å². The van der Waals surface area contributed by atoms with Gasteiger partial charge in [-0.05, 0) is 26.0 Å². The molecule has 0 N–H and O–H groups in total. The second-order valence-electron chi connectivity index (χ2n) is 5.43. The Hall–Kier alpha value is -2.48. The minimum absolute atomic E-state index is 0.255. The van der Waals surface area contributed by atoms with Gasteiger partial charge in [0.2, 0.25) is 23.5 Å². The van der Waals surface area contributed by atoms with Crippen molar-refractivity contribution in [3.63, 3.8) is 0 Å². The molecule has 0 amide bonds. The highest BCUT2D eigenvalue weighted by Gasteiger charge is 2.19. The fraction of sp³-hybridized carbons (Fsp3) is 0.467. The Balaban J connectivity index is 1.69. The number of furan rings is 1. The number of aromatic nitrogens is 4. The van der Waals surface area contributed by atoms with E-state index in [1.54, 1.807) is 18.4 Å². The first-order valence-corrected chi connectivity index (χ1v) is 7.57. The Kier molecular flexibility index (Phi) is 4.52. The van der Waals surface area contributed by atoms with Gasteiger partial charge in [0, 0.05) is 12.5 Å². The summed E-state index contributed by atoms with van der Waals surface area (Å²) in [6, 6.07) is 3.83. The summed E-state index contributed by atoms with van der Waals surface area (Å²) in [6.45, 7) is 7.17. The Morgan fingerprint density at radius 2 is 1.91 bits per heavy atom. The summed E-state index contributed by atoms with van der Waals surface area (Å²) in [7, 11) is 0. The largest absolute Gasteiger partial charge is 0.461 e. The molecule has 0 radical (unpaired) electrons. The number of nitrogens with zero attached hydrogens (tertiary/aromatic N) is 5. The topological polar surface area (TPSA) is 94.2 Å². The van der Waals surface area contributed by atoms with E-state index < -0.39 is 0 Å². The average molecular weight is 317 g/mol. The van der Waals surface area contributed by atoms with Gasteiger partial charge in [0.15, 0.2) is 5.76 Å². The van der Waals surface area contributed by atoms with Crippen LogP contribution < -0.4 is 0 Å². The zero-order chi connectivity index (χ0) is 16.2. The fourth-order valence-electron chi connectivity index (χ4n) is 2.09. The molecule has 0 saturated heterocycles. The van der Waals surface area contributed by atoms with Crippen molar-refractivity contribution in [2.75, 3.05) is 0 Å². The van der Waals surface area contributed by atoms with Crippen LogP contribution in [0.5, 0.6) is 0 Å². The first kappa shape index (κ1) is 15.4. The SMILES string of the molecule is CCc1nnc(CN(Cc2nc(-c3ccco3)no2)C(C)C)o1. The van der Waals surface area contributed by atoms with Gasteiger partial charge in [-0.25, -0.2) is 0 Å². The molecule has 3 rings (SSSR count). The molecule has 0 bridgehead atoms. The van der Waals surface area contributed by atoms with Crippen LogP contribution in [0.15, 0.2) is 31.8 Å². The summed E-state index contributed by atoms with van der Waals surface area (Å²) < 4.78 is 16.1. The van der Waals surface area contributed by atoms with Crippen LogP contribution >= 0.6 is 0 Å². The van der Waals surface area contributed by atoms with Crippen LogP contribution in [0.4, 0.5) is 0 Å². The molecule has 0 spiro atoms. The van der Waals surface area contributed by atoms with Crippen molar-refractivity contribution in [2.24, 2.45) is 0 Å². The van der Waals surface area contributed by atoms with Gasteiger partial charge in [-0.2, -0.15) is 4.98 Å². The second-order valence-corrected chi connectivity index (χ2v) is 5.43. The molecule has 8 nitrogen and oxygen atoms in total. The third kappa shape index (κ3) is 3.65. The molecule has 3 aromatic rings. The molecular weight excluding hydrogens is 298 g/mol. The highest BCUT2D eigenvalue weighted by Crippen LogP contribution is 2.18. The maximum atomic E-state index is 5.57. The first-order chi connectivity index (χ1) is 11.2. The van der Waals surface area contributed by atoms with Crippen molar-refractivity contribution in [3.8, 4) is 11.6 Å². The lowest BCUT2D eigenvalue weighted by atomic mass is 10.3. The molecule has 122 valence electrons. The Morgan fingerprint density at radius 3 is 2.57 bits per heavy atom. The van der Waals surface area contributed by atoms with Crippen molar-refractivity contribution in [1.82, 2.24) is 25.2 Å². The van der Waals surface area contributed by atoms with E-state index in [9.17, 15) is 0 Å². The van der Waals surface area contributed by atoms with Gasteiger partial charge in [0.1, 0.15) is 0 Å². The predicted octanol–water partition coefficient (Wildman–Crippen LogP) is 2.69. The van der Waals surface area contributed by atoms with E-state index in [1.807, 2.05) is 6.92 Å². The Bertz CT molecular complexity index is 732. The van der Waals surface area contributed by atoms with Crippen LogP contribution in [0.25, 0.3) is 11.6 Å². The minimum Gasteiger partial charge on any atom is -0.461 e. The van der Waals surface area contributed by atoms with Gasteiger partial charge in [-0.1, -0.05) is 12.1 Å². The zero-order valence-electron chi connectivity index (χ0n) is 13.4. The van der Waals surface area contributed by atoms with E-state index in [-0.39, 0.29) is 6.04 Å². The molecule has 0 fully saturated rings. The summed E-state index contributed by atoms with van der Waals surface area (Å²) in [4.78, 5) is 6.48. The van der Waals surface area contributed by atoms with Crippen LogP contribution in [0, 0.1) is 0 Å². The normalized spacial score (nSPS) is 11.7. The number of hydrogen-bond donors (Lipinski definition) is 0. The molecule has 0 aromatic carbocycles. The van der Waals surface area contributed by atoms with Gasteiger partial charge in [-0.15, -0.1) is 10.2 Å². The fourth-order valence-corrected chi connectivity index (χ4v) is 2.09. The molecule has 0 aliphatic carbocycles. The summed E-state index contributed by atoms with van der Waals surface area (Å²) >= 11 is 0. The number of aryl methyl sites for hydroxylation is 1. The molecule has 8 heteroatoms. The highest BCUT2D eigenvalue weighted by molar-refractivity contribution is 5.44. The van der Waals surface area contributed by atoms with Gasteiger partial charge in [0.25, 0.3) is 0 Å². The van der Waals surface area contributed by atoms with Crippen molar-refractivity contribution in [3.05, 3.63) is 36.1 Å². The van der Waals surface area contributed by atoms with E-state index in [0.29, 0.717) is 42.3 Å². The molecule has 0 saturated carbocycles. The number of rotatable bonds is 7. The third-order valence-corrected chi connectivity index (χ3v) is 3.43. The summed E-state index contributed by atoms with van der Waals surface area (Å²) in [5.41, 5.74) is 0. The van der Waals surface area contributed by atoms with E-state index in [1.165, 1.54) is 0 Å². The maximum Gasteiger partial charge on any atom is 0.241 e. The molecular formula is C15H19N5O3. The van der Waals surface area contributed by atoms with E-state index in [4.69, 9.17) is 13.4 Å².